The molecule has 1 heterocycles. The van der Waals surface area contributed by atoms with Gasteiger partial charge in [0.2, 0.25) is 0 Å². The summed E-state index contributed by atoms with van der Waals surface area (Å²) < 4.78 is 0. The van der Waals surface area contributed by atoms with Crippen molar-refractivity contribution < 1.29 is 14.7 Å². The lowest BCUT2D eigenvalue weighted by atomic mass is 9.78. The average molecular weight is 358 g/mol. The molecule has 3 amide bonds. The lowest BCUT2D eigenvalue weighted by molar-refractivity contribution is -0.122. The Kier molecular flexibility index (Phi) is 5.22. The maximum absolute atomic E-state index is 12.5. The topological polar surface area (TPSA) is 69.6 Å². The number of phenolic OH excluding ortho intramolecular Hbond substituents is 1. The third-order valence-corrected chi connectivity index (χ3v) is 4.47. The van der Waals surface area contributed by atoms with Gasteiger partial charge in [-0.3, -0.25) is 9.69 Å². The molecule has 0 spiro atoms. The first-order valence-corrected chi connectivity index (χ1v) is 9.08. The summed E-state index contributed by atoms with van der Waals surface area (Å²) in [6, 6.07) is 3.40. The zero-order valence-corrected chi connectivity index (χ0v) is 16.9. The molecule has 1 aromatic carbocycles. The van der Waals surface area contributed by atoms with E-state index in [9.17, 15) is 14.7 Å². The van der Waals surface area contributed by atoms with E-state index in [1.807, 2.05) is 60.6 Å². The van der Waals surface area contributed by atoms with Crippen LogP contribution in [0, 0.1) is 0 Å². The summed E-state index contributed by atoms with van der Waals surface area (Å²) in [5.74, 6) is -0.0129. The number of aromatic hydroxyl groups is 1. The molecule has 0 atom stereocenters. The van der Waals surface area contributed by atoms with Crippen LogP contribution in [0.3, 0.4) is 0 Å². The molecular weight excluding hydrogens is 328 g/mol. The Labute approximate surface area is 156 Å². The van der Waals surface area contributed by atoms with E-state index in [1.54, 1.807) is 6.08 Å². The van der Waals surface area contributed by atoms with Crippen molar-refractivity contribution >= 4 is 18.0 Å². The fourth-order valence-corrected chi connectivity index (χ4v) is 3.05. The summed E-state index contributed by atoms with van der Waals surface area (Å²) in [7, 11) is 0. The van der Waals surface area contributed by atoms with Crippen molar-refractivity contribution in [1.29, 1.82) is 0 Å². The van der Waals surface area contributed by atoms with E-state index in [0.29, 0.717) is 18.7 Å². The van der Waals surface area contributed by atoms with E-state index in [-0.39, 0.29) is 28.5 Å². The Morgan fingerprint density at radius 2 is 1.54 bits per heavy atom. The molecule has 26 heavy (non-hydrogen) atoms. The van der Waals surface area contributed by atoms with Crippen molar-refractivity contribution in [3.8, 4) is 5.75 Å². The van der Waals surface area contributed by atoms with E-state index in [2.05, 4.69) is 5.32 Å². The number of urea groups is 1. The average Bonchev–Trinajstić information content (AvgIpc) is 2.74. The van der Waals surface area contributed by atoms with E-state index in [1.165, 1.54) is 4.90 Å². The summed E-state index contributed by atoms with van der Waals surface area (Å²) >= 11 is 0. The van der Waals surface area contributed by atoms with Gasteiger partial charge < -0.3 is 10.4 Å². The molecule has 1 fully saturated rings. The highest BCUT2D eigenvalue weighted by Gasteiger charge is 2.33. The number of nitrogens with zero attached hydrogens (tertiary/aromatic N) is 1. The van der Waals surface area contributed by atoms with Crippen LogP contribution in [0.1, 0.15) is 71.6 Å². The maximum Gasteiger partial charge on any atom is 0.329 e. The zero-order valence-electron chi connectivity index (χ0n) is 16.9. The van der Waals surface area contributed by atoms with Crippen LogP contribution < -0.4 is 5.32 Å². The Hall–Kier alpha value is -2.30. The van der Waals surface area contributed by atoms with Crippen LogP contribution in [0.4, 0.5) is 4.79 Å². The molecule has 0 aliphatic carbocycles. The van der Waals surface area contributed by atoms with Crippen LogP contribution in [0.25, 0.3) is 6.08 Å². The van der Waals surface area contributed by atoms with Crippen LogP contribution in [0.5, 0.6) is 5.75 Å². The Balaban J connectivity index is 2.57. The summed E-state index contributed by atoms with van der Waals surface area (Å²) in [4.78, 5) is 25.7. The van der Waals surface area contributed by atoms with Crippen molar-refractivity contribution in [1.82, 2.24) is 10.2 Å². The van der Waals surface area contributed by atoms with Gasteiger partial charge in [0.15, 0.2) is 0 Å². The van der Waals surface area contributed by atoms with Crippen molar-refractivity contribution in [3.05, 3.63) is 34.5 Å². The molecular formula is C21H30N2O3. The molecule has 2 N–H and O–H groups in total. The summed E-state index contributed by atoms with van der Waals surface area (Å²) in [6.07, 6.45) is 2.41. The van der Waals surface area contributed by atoms with Gasteiger partial charge in [-0.1, -0.05) is 48.5 Å². The minimum absolute atomic E-state index is 0.254. The van der Waals surface area contributed by atoms with Crippen LogP contribution in [0.2, 0.25) is 0 Å². The minimum atomic E-state index is -0.381. The highest BCUT2D eigenvalue weighted by atomic mass is 16.3. The van der Waals surface area contributed by atoms with Crippen LogP contribution in [0.15, 0.2) is 17.8 Å². The number of phenols is 1. The molecule has 0 saturated carbocycles. The lowest BCUT2D eigenvalue weighted by Crippen LogP contribution is -2.31. The van der Waals surface area contributed by atoms with E-state index < -0.39 is 0 Å². The Morgan fingerprint density at radius 3 is 1.96 bits per heavy atom. The van der Waals surface area contributed by atoms with E-state index >= 15 is 0 Å². The van der Waals surface area contributed by atoms with Crippen LogP contribution in [-0.2, 0) is 15.6 Å². The number of nitrogens with one attached hydrogen (secondary N) is 1. The first kappa shape index (κ1) is 20.0. The zero-order chi connectivity index (χ0) is 19.9. The summed E-state index contributed by atoms with van der Waals surface area (Å²) in [5, 5.41) is 13.4. The quantitative estimate of drug-likeness (QED) is 0.625. The Morgan fingerprint density at radius 1 is 1.04 bits per heavy atom. The first-order chi connectivity index (χ1) is 11.9. The molecule has 0 radical (unpaired) electrons. The van der Waals surface area contributed by atoms with Gasteiger partial charge in [0, 0.05) is 17.7 Å². The van der Waals surface area contributed by atoms with Gasteiger partial charge in [-0.05, 0) is 41.0 Å². The van der Waals surface area contributed by atoms with E-state index in [4.69, 9.17) is 0 Å². The summed E-state index contributed by atoms with van der Waals surface area (Å²) in [5.41, 5.74) is 2.19. The number of carbonyl (C=O) groups is 2. The third kappa shape index (κ3) is 3.92. The summed E-state index contributed by atoms with van der Waals surface area (Å²) in [6.45, 7) is 14.6. The molecule has 1 aromatic rings. The second kappa shape index (κ2) is 6.78. The van der Waals surface area contributed by atoms with Gasteiger partial charge in [0.05, 0.1) is 0 Å². The molecule has 2 rings (SSSR count). The minimum Gasteiger partial charge on any atom is -0.507 e. The molecule has 5 heteroatoms. The van der Waals surface area contributed by atoms with Gasteiger partial charge in [0.25, 0.3) is 5.91 Å². The standard InChI is InChI=1S/C21H30N2O3/c1-8-9-23-18(25)16(22-19(23)26)12-13-10-14(20(2,3)4)17(24)15(11-13)21(5,6)7/h10-12,24H,8-9H2,1-7H3,(H,22,26)/b16-12+. The molecule has 1 aliphatic rings. The van der Waals surface area contributed by atoms with Crippen LogP contribution in [-0.4, -0.2) is 28.5 Å². The largest absolute Gasteiger partial charge is 0.507 e. The number of hydrogen-bond acceptors (Lipinski definition) is 3. The van der Waals surface area contributed by atoms with Crippen LogP contribution >= 0.6 is 0 Å². The number of hydrogen-bond donors (Lipinski definition) is 2. The van der Waals surface area contributed by atoms with Gasteiger partial charge in [-0.25, -0.2) is 4.79 Å². The predicted octanol–water partition coefficient (Wildman–Crippen LogP) is 4.29. The van der Waals surface area contributed by atoms with Gasteiger partial charge in [-0.2, -0.15) is 0 Å². The molecule has 0 aromatic heterocycles. The van der Waals surface area contributed by atoms with Gasteiger partial charge in [0.1, 0.15) is 11.4 Å². The highest BCUT2D eigenvalue weighted by molar-refractivity contribution is 6.14. The second-order valence-electron chi connectivity index (χ2n) is 8.91. The molecule has 0 bridgehead atoms. The molecule has 1 saturated heterocycles. The number of carbonyl (C=O) groups excluding carboxylic acids is 2. The van der Waals surface area contributed by atoms with Crippen molar-refractivity contribution in [2.24, 2.45) is 0 Å². The van der Waals surface area contributed by atoms with Crippen molar-refractivity contribution in [2.75, 3.05) is 6.54 Å². The lowest BCUT2D eigenvalue weighted by Gasteiger charge is -2.28. The first-order valence-electron chi connectivity index (χ1n) is 9.08. The number of benzene rings is 1. The number of rotatable bonds is 3. The normalized spacial score (nSPS) is 17.2. The molecule has 0 unspecified atom stereocenters. The molecule has 142 valence electrons. The number of amides is 3. The Bertz CT molecular complexity index is 729. The molecule has 5 nitrogen and oxygen atoms in total. The molecule has 1 aliphatic heterocycles. The van der Waals surface area contributed by atoms with Gasteiger partial charge in [-0.15, -0.1) is 0 Å². The maximum atomic E-state index is 12.5. The van der Waals surface area contributed by atoms with Crippen molar-refractivity contribution in [2.45, 2.75) is 65.7 Å². The fourth-order valence-electron chi connectivity index (χ4n) is 3.05. The highest BCUT2D eigenvalue weighted by Crippen LogP contribution is 2.40. The van der Waals surface area contributed by atoms with Crippen molar-refractivity contribution in [3.63, 3.8) is 0 Å². The number of imide groups is 1. The smallest absolute Gasteiger partial charge is 0.329 e. The van der Waals surface area contributed by atoms with Gasteiger partial charge >= 0.3 is 6.03 Å². The second-order valence-corrected chi connectivity index (χ2v) is 8.91. The SMILES string of the molecule is CCCN1C(=O)N/C(=C/c2cc(C(C)(C)C)c(O)c(C(C)(C)C)c2)C1=O. The third-order valence-electron chi connectivity index (χ3n) is 4.47. The predicted molar refractivity (Wildman–Crippen MR) is 104 cm³/mol. The van der Waals surface area contributed by atoms with E-state index in [0.717, 1.165) is 16.7 Å². The monoisotopic (exact) mass is 358 g/mol. The fraction of sp³-hybridized carbons (Fsp3) is 0.524.